The van der Waals surface area contributed by atoms with E-state index in [-0.39, 0.29) is 0 Å². The zero-order valence-electron chi connectivity index (χ0n) is 8.28. The van der Waals surface area contributed by atoms with Gasteiger partial charge in [0.2, 0.25) is 0 Å². The number of rotatable bonds is 2. The third kappa shape index (κ3) is 2.58. The second-order valence-electron chi connectivity index (χ2n) is 3.87. The van der Waals surface area contributed by atoms with Crippen molar-refractivity contribution in [3.63, 3.8) is 0 Å². The molecule has 1 saturated carbocycles. The molecule has 3 heteroatoms. The molecule has 0 aromatic carbocycles. The van der Waals surface area contributed by atoms with E-state index in [2.05, 4.69) is 17.1 Å². The molecule has 1 aromatic rings. The Morgan fingerprint density at radius 1 is 1.36 bits per heavy atom. The van der Waals surface area contributed by atoms with Crippen LogP contribution >= 0.6 is 11.3 Å². The maximum Gasteiger partial charge on any atom is 0.180 e. The molecule has 0 aliphatic heterocycles. The Kier molecular flexibility index (Phi) is 3.19. The smallest absolute Gasteiger partial charge is 0.180 e. The monoisotopic (exact) mass is 208 g/mol. The summed E-state index contributed by atoms with van der Waals surface area (Å²) in [7, 11) is 0. The number of nitrogens with two attached hydrogens (primary N) is 1. The van der Waals surface area contributed by atoms with E-state index in [1.807, 2.05) is 5.38 Å². The van der Waals surface area contributed by atoms with Crippen molar-refractivity contribution in [2.24, 2.45) is 5.92 Å². The summed E-state index contributed by atoms with van der Waals surface area (Å²) in [5.74, 6) is 0.770. The average molecular weight is 208 g/mol. The van der Waals surface area contributed by atoms with Gasteiger partial charge in [-0.2, -0.15) is 0 Å². The molecule has 0 atom stereocenters. The van der Waals surface area contributed by atoms with Crippen molar-refractivity contribution in [2.75, 3.05) is 5.73 Å². The van der Waals surface area contributed by atoms with Crippen LogP contribution < -0.4 is 5.73 Å². The number of hydrogen-bond acceptors (Lipinski definition) is 3. The Balaban J connectivity index is 1.92. The van der Waals surface area contributed by atoms with Gasteiger partial charge in [-0.3, -0.25) is 0 Å². The highest BCUT2D eigenvalue weighted by Crippen LogP contribution is 2.25. The molecule has 1 heterocycles. The van der Waals surface area contributed by atoms with Gasteiger partial charge in [0.05, 0.1) is 5.69 Å². The van der Waals surface area contributed by atoms with Crippen molar-refractivity contribution in [1.29, 1.82) is 0 Å². The molecule has 1 aliphatic rings. The Labute approximate surface area is 88.9 Å². The molecule has 2 N–H and O–H groups in total. The zero-order valence-corrected chi connectivity index (χ0v) is 9.09. The first-order chi connectivity index (χ1) is 6.84. The summed E-state index contributed by atoms with van der Waals surface area (Å²) in [6, 6.07) is 0. The van der Waals surface area contributed by atoms with Gasteiger partial charge in [0.25, 0.3) is 0 Å². The Hall–Kier alpha value is -0.830. The summed E-state index contributed by atoms with van der Waals surface area (Å²) in [6.07, 6.45) is 11.3. The zero-order chi connectivity index (χ0) is 9.80. The van der Waals surface area contributed by atoms with Gasteiger partial charge < -0.3 is 5.73 Å². The van der Waals surface area contributed by atoms with Crippen molar-refractivity contribution in [1.82, 2.24) is 4.98 Å². The quantitative estimate of drug-likeness (QED) is 0.809. The lowest BCUT2D eigenvalue weighted by atomic mass is 9.89. The van der Waals surface area contributed by atoms with Crippen LogP contribution in [0, 0.1) is 5.92 Å². The molecule has 1 aliphatic carbocycles. The molecular weight excluding hydrogens is 192 g/mol. The van der Waals surface area contributed by atoms with Crippen LogP contribution in [0.4, 0.5) is 5.13 Å². The van der Waals surface area contributed by atoms with Gasteiger partial charge in [0, 0.05) is 5.38 Å². The van der Waals surface area contributed by atoms with Crippen LogP contribution in [0.15, 0.2) is 11.5 Å². The molecule has 76 valence electrons. The topological polar surface area (TPSA) is 38.9 Å². The highest BCUT2D eigenvalue weighted by molar-refractivity contribution is 7.13. The average Bonchev–Trinajstić information content (AvgIpc) is 2.63. The number of nitrogen functional groups attached to an aromatic ring is 1. The van der Waals surface area contributed by atoms with E-state index in [1.165, 1.54) is 43.4 Å². The van der Waals surface area contributed by atoms with Gasteiger partial charge in [0.1, 0.15) is 0 Å². The van der Waals surface area contributed by atoms with Crippen LogP contribution in [-0.2, 0) is 0 Å². The summed E-state index contributed by atoms with van der Waals surface area (Å²) < 4.78 is 0. The third-order valence-electron chi connectivity index (χ3n) is 2.73. The van der Waals surface area contributed by atoms with Crippen molar-refractivity contribution in [3.8, 4) is 0 Å². The Morgan fingerprint density at radius 2 is 2.14 bits per heavy atom. The molecule has 2 nitrogen and oxygen atoms in total. The van der Waals surface area contributed by atoms with Gasteiger partial charge in [-0.25, -0.2) is 4.98 Å². The van der Waals surface area contributed by atoms with Gasteiger partial charge in [-0.05, 0) is 24.8 Å². The van der Waals surface area contributed by atoms with E-state index in [1.54, 1.807) is 0 Å². The van der Waals surface area contributed by atoms with E-state index >= 15 is 0 Å². The number of aromatic nitrogens is 1. The Morgan fingerprint density at radius 3 is 2.79 bits per heavy atom. The molecule has 0 saturated heterocycles. The predicted molar refractivity (Wildman–Crippen MR) is 62.1 cm³/mol. The second kappa shape index (κ2) is 4.60. The van der Waals surface area contributed by atoms with Crippen molar-refractivity contribution >= 4 is 22.5 Å². The van der Waals surface area contributed by atoms with Crippen LogP contribution in [0.3, 0.4) is 0 Å². The molecule has 0 spiro atoms. The summed E-state index contributed by atoms with van der Waals surface area (Å²) in [5.41, 5.74) is 6.57. The van der Waals surface area contributed by atoms with Crippen molar-refractivity contribution in [2.45, 2.75) is 32.1 Å². The highest BCUT2D eigenvalue weighted by Gasteiger charge is 2.09. The molecule has 2 rings (SSSR count). The number of allylic oxidation sites excluding steroid dienone is 1. The van der Waals surface area contributed by atoms with Gasteiger partial charge in [-0.1, -0.05) is 25.3 Å². The molecule has 0 bridgehead atoms. The van der Waals surface area contributed by atoms with Crippen LogP contribution in [0.1, 0.15) is 37.8 Å². The summed E-state index contributed by atoms with van der Waals surface area (Å²) in [6.45, 7) is 0. The molecule has 0 amide bonds. The van der Waals surface area contributed by atoms with E-state index in [0.29, 0.717) is 5.13 Å². The van der Waals surface area contributed by atoms with Crippen molar-refractivity contribution in [3.05, 3.63) is 17.2 Å². The first-order valence-electron chi connectivity index (χ1n) is 5.24. The highest BCUT2D eigenvalue weighted by atomic mass is 32.1. The minimum Gasteiger partial charge on any atom is -0.375 e. The summed E-state index contributed by atoms with van der Waals surface area (Å²) >= 11 is 1.51. The minimum absolute atomic E-state index is 0.660. The minimum atomic E-state index is 0.660. The van der Waals surface area contributed by atoms with Crippen LogP contribution in [0.2, 0.25) is 0 Å². The lowest BCUT2D eigenvalue weighted by molar-refractivity contribution is 0.420. The van der Waals surface area contributed by atoms with E-state index in [4.69, 9.17) is 5.73 Å². The maximum atomic E-state index is 5.56. The van der Waals surface area contributed by atoms with Crippen LogP contribution in [0.5, 0.6) is 0 Å². The van der Waals surface area contributed by atoms with Crippen LogP contribution in [-0.4, -0.2) is 4.98 Å². The Bertz CT molecular complexity index is 311. The maximum absolute atomic E-state index is 5.56. The SMILES string of the molecule is Nc1nc(C=CC2CCCCC2)cs1. The van der Waals surface area contributed by atoms with Gasteiger partial charge >= 0.3 is 0 Å². The lowest BCUT2D eigenvalue weighted by Gasteiger charge is -2.17. The predicted octanol–water partition coefficient (Wildman–Crippen LogP) is 3.32. The number of nitrogens with zero attached hydrogens (tertiary/aromatic N) is 1. The number of thiazole rings is 1. The van der Waals surface area contributed by atoms with Crippen molar-refractivity contribution < 1.29 is 0 Å². The molecule has 0 radical (unpaired) electrons. The number of anilines is 1. The fourth-order valence-corrected chi connectivity index (χ4v) is 2.47. The first-order valence-corrected chi connectivity index (χ1v) is 6.12. The largest absolute Gasteiger partial charge is 0.375 e. The van der Waals surface area contributed by atoms with Gasteiger partial charge in [-0.15, -0.1) is 11.3 Å². The molecule has 0 unspecified atom stereocenters. The second-order valence-corrected chi connectivity index (χ2v) is 4.76. The first kappa shape index (κ1) is 9.71. The lowest BCUT2D eigenvalue weighted by Crippen LogP contribution is -2.02. The van der Waals surface area contributed by atoms with E-state index in [9.17, 15) is 0 Å². The summed E-state index contributed by atoms with van der Waals surface area (Å²) in [5, 5.41) is 2.67. The standard InChI is InChI=1S/C11H16N2S/c12-11-13-10(8-14-11)7-6-9-4-2-1-3-5-9/h6-9H,1-5H2,(H2,12,13). The molecular formula is C11H16N2S. The number of hydrogen-bond donors (Lipinski definition) is 1. The van der Waals surface area contributed by atoms with E-state index in [0.717, 1.165) is 11.6 Å². The molecule has 1 fully saturated rings. The molecule has 1 aromatic heterocycles. The molecule has 14 heavy (non-hydrogen) atoms. The summed E-state index contributed by atoms with van der Waals surface area (Å²) in [4.78, 5) is 4.20. The third-order valence-corrected chi connectivity index (χ3v) is 3.42. The fourth-order valence-electron chi connectivity index (χ4n) is 1.94. The van der Waals surface area contributed by atoms with E-state index < -0.39 is 0 Å². The fraction of sp³-hybridized carbons (Fsp3) is 0.545. The van der Waals surface area contributed by atoms with Gasteiger partial charge in [0.15, 0.2) is 5.13 Å². The normalized spacial score (nSPS) is 19.1. The van der Waals surface area contributed by atoms with Crippen LogP contribution in [0.25, 0.3) is 6.08 Å².